The molecule has 0 aromatic carbocycles. The number of hydrogen-bond acceptors (Lipinski definition) is 6. The molecule has 8 heteroatoms. The van der Waals surface area contributed by atoms with Crippen LogP contribution in [0.1, 0.15) is 5.69 Å². The quantitative estimate of drug-likeness (QED) is 0.255. The zero-order chi connectivity index (χ0) is 14.8. The molecular formula is C12H18N4O3S. The van der Waals surface area contributed by atoms with E-state index in [2.05, 4.69) is 15.3 Å². The fourth-order valence-electron chi connectivity index (χ4n) is 1.43. The van der Waals surface area contributed by atoms with Crippen LogP contribution in [0, 0.1) is 10.1 Å². The number of pyridine rings is 1. The van der Waals surface area contributed by atoms with Crippen molar-refractivity contribution in [2.75, 3.05) is 33.0 Å². The first-order chi connectivity index (χ1) is 9.65. The first-order valence-electron chi connectivity index (χ1n) is 6.03. The molecule has 0 saturated heterocycles. The number of ether oxygens (including phenoxy) is 1. The molecule has 0 fully saturated rings. The maximum Gasteiger partial charge on any atom is 0.259 e. The number of nitrogens with one attached hydrogen (secondary N) is 1. The molecule has 1 rings (SSSR count). The molecule has 0 bridgehead atoms. The highest BCUT2D eigenvalue weighted by Crippen LogP contribution is 2.14. The molecule has 1 N–H and O–H groups in total. The van der Waals surface area contributed by atoms with Crippen molar-refractivity contribution < 1.29 is 9.66 Å². The Morgan fingerprint density at radius 2 is 2.45 bits per heavy atom. The van der Waals surface area contributed by atoms with E-state index in [1.165, 1.54) is 0 Å². The van der Waals surface area contributed by atoms with Crippen LogP contribution in [-0.4, -0.2) is 48.7 Å². The summed E-state index contributed by atoms with van der Waals surface area (Å²) in [4.78, 5) is 18.0. The Bertz CT molecular complexity index is 468. The third-order valence-corrected chi connectivity index (χ3v) is 3.39. The summed E-state index contributed by atoms with van der Waals surface area (Å²) >= 11 is 1.69. The van der Waals surface area contributed by atoms with Crippen molar-refractivity contribution in [2.24, 2.45) is 4.99 Å². The van der Waals surface area contributed by atoms with Crippen LogP contribution in [0.5, 0.6) is 5.75 Å². The van der Waals surface area contributed by atoms with Gasteiger partial charge in [0.2, 0.25) is 0 Å². The maximum absolute atomic E-state index is 10.4. The van der Waals surface area contributed by atoms with Gasteiger partial charge in [-0.1, -0.05) is 0 Å². The van der Waals surface area contributed by atoms with Gasteiger partial charge >= 0.3 is 0 Å². The van der Waals surface area contributed by atoms with Crippen LogP contribution in [0.4, 0.5) is 0 Å². The molecular weight excluding hydrogens is 280 g/mol. The summed E-state index contributed by atoms with van der Waals surface area (Å²) in [6, 6.07) is 3.70. The van der Waals surface area contributed by atoms with Crippen LogP contribution >= 0.6 is 11.8 Å². The van der Waals surface area contributed by atoms with E-state index < -0.39 is 4.92 Å². The Morgan fingerprint density at radius 3 is 3.10 bits per heavy atom. The minimum absolute atomic E-state index is 0.265. The van der Waals surface area contributed by atoms with E-state index >= 15 is 0 Å². The van der Waals surface area contributed by atoms with Crippen molar-refractivity contribution in [3.8, 4) is 5.75 Å². The highest BCUT2D eigenvalue weighted by molar-refractivity contribution is 7.98. The van der Waals surface area contributed by atoms with Gasteiger partial charge in [0.1, 0.15) is 5.75 Å². The van der Waals surface area contributed by atoms with Crippen molar-refractivity contribution in [2.45, 2.75) is 5.75 Å². The van der Waals surface area contributed by atoms with Gasteiger partial charge in [0.25, 0.3) is 6.54 Å². The third kappa shape index (κ3) is 6.37. The average Bonchev–Trinajstić information content (AvgIpc) is 2.45. The van der Waals surface area contributed by atoms with Gasteiger partial charge in [-0.3, -0.25) is 20.1 Å². The molecule has 0 unspecified atom stereocenters. The highest BCUT2D eigenvalue weighted by atomic mass is 32.2. The Kier molecular flexibility index (Phi) is 7.41. The predicted octanol–water partition coefficient (Wildman–Crippen LogP) is 1.22. The van der Waals surface area contributed by atoms with Gasteiger partial charge in [0, 0.05) is 42.3 Å². The van der Waals surface area contributed by atoms with Crippen LogP contribution in [0.15, 0.2) is 23.3 Å². The molecule has 0 amide bonds. The van der Waals surface area contributed by atoms with Gasteiger partial charge in [-0.15, -0.1) is 0 Å². The second kappa shape index (κ2) is 9.13. The number of aliphatic imine (C=N–C) groups is 1. The van der Waals surface area contributed by atoms with Crippen molar-refractivity contribution in [1.82, 2.24) is 10.3 Å². The molecule has 110 valence electrons. The normalized spacial score (nSPS) is 11.2. The zero-order valence-corrected chi connectivity index (χ0v) is 12.4. The standard InChI is InChI=1S/C12H18N4O3S/c1-13-12(8-16(17)18)15-5-6-20-9-10-7-11(19-2)3-4-14-10/h3-4,7H,5-6,8-9H2,1-2H3,(H,13,15). The Hall–Kier alpha value is -1.83. The SMILES string of the molecule is CN=C(C[N+](=O)[O-])NCCSCc1cc(OC)ccn1. The molecule has 0 aliphatic heterocycles. The molecule has 0 aliphatic rings. The molecule has 0 saturated carbocycles. The number of nitro groups is 1. The maximum atomic E-state index is 10.4. The van der Waals surface area contributed by atoms with Crippen LogP contribution in [0.3, 0.4) is 0 Å². The number of aromatic nitrogens is 1. The first-order valence-corrected chi connectivity index (χ1v) is 7.19. The number of nitrogens with zero attached hydrogens (tertiary/aromatic N) is 3. The number of thioether (sulfide) groups is 1. The molecule has 0 aliphatic carbocycles. The molecule has 20 heavy (non-hydrogen) atoms. The summed E-state index contributed by atoms with van der Waals surface area (Å²) in [5.41, 5.74) is 0.948. The van der Waals surface area contributed by atoms with Gasteiger partial charge in [0.05, 0.1) is 12.8 Å². The summed E-state index contributed by atoms with van der Waals surface area (Å²) in [5.74, 6) is 2.78. The molecule has 0 radical (unpaired) electrons. The summed E-state index contributed by atoms with van der Waals surface area (Å²) in [6.45, 7) is 0.369. The smallest absolute Gasteiger partial charge is 0.259 e. The minimum Gasteiger partial charge on any atom is -0.497 e. The van der Waals surface area contributed by atoms with Crippen molar-refractivity contribution in [1.29, 1.82) is 0 Å². The highest BCUT2D eigenvalue weighted by Gasteiger charge is 2.05. The summed E-state index contributed by atoms with van der Waals surface area (Å²) in [6.07, 6.45) is 1.71. The number of methoxy groups -OCH3 is 1. The second-order valence-corrected chi connectivity index (χ2v) is 4.93. The van der Waals surface area contributed by atoms with Crippen LogP contribution in [0.2, 0.25) is 0 Å². The summed E-state index contributed by atoms with van der Waals surface area (Å²) in [5, 5.41) is 13.3. The van der Waals surface area contributed by atoms with Gasteiger partial charge in [0.15, 0.2) is 5.84 Å². The fraction of sp³-hybridized carbons (Fsp3) is 0.500. The van der Waals surface area contributed by atoms with E-state index in [0.29, 0.717) is 12.4 Å². The minimum atomic E-state index is -0.400. The van der Waals surface area contributed by atoms with Crippen LogP contribution in [0.25, 0.3) is 0 Å². The lowest BCUT2D eigenvalue weighted by atomic mass is 10.3. The lowest BCUT2D eigenvalue weighted by molar-refractivity contribution is -0.463. The molecule has 7 nitrogen and oxygen atoms in total. The van der Waals surface area contributed by atoms with E-state index in [9.17, 15) is 10.1 Å². The van der Waals surface area contributed by atoms with Crippen molar-refractivity contribution in [3.05, 3.63) is 34.1 Å². The van der Waals surface area contributed by atoms with Gasteiger partial charge in [-0.25, -0.2) is 0 Å². The van der Waals surface area contributed by atoms with Gasteiger partial charge in [-0.05, 0) is 6.07 Å². The van der Waals surface area contributed by atoms with Gasteiger partial charge < -0.3 is 10.1 Å². The summed E-state index contributed by atoms with van der Waals surface area (Å²) < 4.78 is 5.12. The van der Waals surface area contributed by atoms with Crippen LogP contribution < -0.4 is 10.1 Å². The Morgan fingerprint density at radius 1 is 1.65 bits per heavy atom. The van der Waals surface area contributed by atoms with E-state index in [1.807, 2.05) is 6.07 Å². The lowest BCUT2D eigenvalue weighted by Gasteiger charge is -2.06. The Balaban J connectivity index is 2.23. The fourth-order valence-corrected chi connectivity index (χ4v) is 2.19. The average molecular weight is 298 g/mol. The molecule has 0 spiro atoms. The van der Waals surface area contributed by atoms with E-state index in [0.717, 1.165) is 22.9 Å². The van der Waals surface area contributed by atoms with Crippen LogP contribution in [-0.2, 0) is 5.75 Å². The number of hydrogen-bond donors (Lipinski definition) is 1. The van der Waals surface area contributed by atoms with Gasteiger partial charge in [-0.2, -0.15) is 11.8 Å². The monoisotopic (exact) mass is 298 g/mol. The van der Waals surface area contributed by atoms with Crippen molar-refractivity contribution >= 4 is 17.6 Å². The van der Waals surface area contributed by atoms with E-state index in [4.69, 9.17) is 4.74 Å². The molecule has 1 aromatic rings. The predicted molar refractivity (Wildman–Crippen MR) is 80.2 cm³/mol. The Labute approximate surface area is 122 Å². The number of amidine groups is 1. The topological polar surface area (TPSA) is 89.7 Å². The number of rotatable bonds is 8. The van der Waals surface area contributed by atoms with Crippen molar-refractivity contribution in [3.63, 3.8) is 0 Å². The lowest BCUT2D eigenvalue weighted by Crippen LogP contribution is -2.31. The second-order valence-electron chi connectivity index (χ2n) is 3.83. The largest absolute Gasteiger partial charge is 0.497 e. The first kappa shape index (κ1) is 16.2. The molecule has 1 aromatic heterocycles. The molecule has 0 atom stereocenters. The van der Waals surface area contributed by atoms with E-state index in [-0.39, 0.29) is 6.54 Å². The zero-order valence-electron chi connectivity index (χ0n) is 11.5. The third-order valence-electron chi connectivity index (χ3n) is 2.40. The van der Waals surface area contributed by atoms with E-state index in [1.54, 1.807) is 38.2 Å². The summed E-state index contributed by atoms with van der Waals surface area (Å²) in [7, 11) is 3.16. The molecule has 1 heterocycles.